The Morgan fingerprint density at radius 2 is 1.68 bits per heavy atom. The molecule has 8 heteroatoms. The van der Waals surface area contributed by atoms with Crippen molar-refractivity contribution in [3.05, 3.63) is 54.1 Å². The van der Waals surface area contributed by atoms with Gasteiger partial charge in [0.15, 0.2) is 5.78 Å². The summed E-state index contributed by atoms with van der Waals surface area (Å²) < 4.78 is 30.4. The van der Waals surface area contributed by atoms with Crippen LogP contribution >= 0.6 is 0 Å². The smallest absolute Gasteiger partial charge is 0.229 e. The normalized spacial score (nSPS) is 10.9. The van der Waals surface area contributed by atoms with E-state index >= 15 is 0 Å². The van der Waals surface area contributed by atoms with E-state index in [1.54, 1.807) is 42.5 Å². The molecule has 0 atom stereocenters. The first-order valence-electron chi connectivity index (χ1n) is 8.90. The quantitative estimate of drug-likeness (QED) is 0.591. The van der Waals surface area contributed by atoms with Crippen molar-refractivity contribution in [3.8, 4) is 5.75 Å². The number of carbonyl (C=O) groups is 2. The first-order chi connectivity index (χ1) is 13.3. The van der Waals surface area contributed by atoms with Crippen LogP contribution in [0.1, 0.15) is 36.5 Å². The topological polar surface area (TPSA) is 102 Å². The van der Waals surface area contributed by atoms with Crippen LogP contribution in [-0.2, 0) is 14.8 Å². The van der Waals surface area contributed by atoms with Gasteiger partial charge in [0.2, 0.25) is 15.9 Å². The number of amides is 1. The minimum absolute atomic E-state index is 0.0245. The summed E-state index contributed by atoms with van der Waals surface area (Å²) in [5.41, 5.74) is 1.32. The van der Waals surface area contributed by atoms with Crippen LogP contribution in [-0.4, -0.2) is 33.0 Å². The van der Waals surface area contributed by atoms with E-state index < -0.39 is 10.0 Å². The Morgan fingerprint density at radius 1 is 1.00 bits per heavy atom. The maximum absolute atomic E-state index is 12.2. The Balaban J connectivity index is 1.86. The Hall–Kier alpha value is -2.87. The number of hydrogen-bond acceptors (Lipinski definition) is 5. The molecule has 7 nitrogen and oxygen atoms in total. The SMILES string of the molecule is CCCOc1ccc(C(=O)CCC(=O)Nc2cccc(NS(C)(=O)=O)c2)cc1. The molecular weight excluding hydrogens is 380 g/mol. The first-order valence-corrected chi connectivity index (χ1v) is 10.8. The number of ether oxygens (including phenoxy) is 1. The maximum atomic E-state index is 12.2. The van der Waals surface area contributed by atoms with E-state index in [9.17, 15) is 18.0 Å². The molecule has 2 rings (SSSR count). The fourth-order valence-corrected chi connectivity index (χ4v) is 2.98. The average Bonchev–Trinajstić information content (AvgIpc) is 2.64. The minimum Gasteiger partial charge on any atom is -0.494 e. The molecule has 0 radical (unpaired) electrons. The van der Waals surface area contributed by atoms with Crippen LogP contribution in [0.15, 0.2) is 48.5 Å². The van der Waals surface area contributed by atoms with Crippen LogP contribution in [0.3, 0.4) is 0 Å². The predicted octanol–water partition coefficient (Wildman–Crippen LogP) is 3.45. The van der Waals surface area contributed by atoms with Crippen molar-refractivity contribution in [2.24, 2.45) is 0 Å². The fourth-order valence-electron chi connectivity index (χ4n) is 2.43. The van der Waals surface area contributed by atoms with E-state index in [2.05, 4.69) is 10.0 Å². The molecule has 2 N–H and O–H groups in total. The number of Topliss-reactive ketones (excluding diaryl/α,β-unsaturated/α-hetero) is 1. The van der Waals surface area contributed by atoms with E-state index in [0.29, 0.717) is 29.3 Å². The highest BCUT2D eigenvalue weighted by atomic mass is 32.2. The van der Waals surface area contributed by atoms with Gasteiger partial charge in [-0.05, 0) is 48.9 Å². The summed E-state index contributed by atoms with van der Waals surface area (Å²) >= 11 is 0. The van der Waals surface area contributed by atoms with Gasteiger partial charge >= 0.3 is 0 Å². The van der Waals surface area contributed by atoms with Gasteiger partial charge in [-0.1, -0.05) is 13.0 Å². The third-order valence-electron chi connectivity index (χ3n) is 3.68. The zero-order valence-corrected chi connectivity index (χ0v) is 16.7. The van der Waals surface area contributed by atoms with Crippen LogP contribution in [0.5, 0.6) is 5.75 Å². The van der Waals surface area contributed by atoms with Crippen LogP contribution < -0.4 is 14.8 Å². The lowest BCUT2D eigenvalue weighted by molar-refractivity contribution is -0.116. The molecule has 2 aromatic carbocycles. The van der Waals surface area contributed by atoms with Crippen LogP contribution in [0.25, 0.3) is 0 Å². The minimum atomic E-state index is -3.40. The monoisotopic (exact) mass is 404 g/mol. The third kappa shape index (κ3) is 7.40. The number of benzene rings is 2. The van der Waals surface area contributed by atoms with Gasteiger partial charge < -0.3 is 10.1 Å². The lowest BCUT2D eigenvalue weighted by Gasteiger charge is -2.08. The lowest BCUT2D eigenvalue weighted by Crippen LogP contribution is -2.14. The molecule has 0 spiro atoms. The number of carbonyl (C=O) groups excluding carboxylic acids is 2. The molecule has 2 aromatic rings. The van der Waals surface area contributed by atoms with E-state index in [4.69, 9.17) is 4.74 Å². The van der Waals surface area contributed by atoms with E-state index in [-0.39, 0.29) is 24.5 Å². The van der Waals surface area contributed by atoms with Crippen LogP contribution in [0, 0.1) is 0 Å². The van der Waals surface area contributed by atoms with Crippen molar-refractivity contribution in [1.82, 2.24) is 0 Å². The van der Waals surface area contributed by atoms with Crippen LogP contribution in [0.2, 0.25) is 0 Å². The molecule has 0 heterocycles. The summed E-state index contributed by atoms with van der Waals surface area (Å²) in [4.78, 5) is 24.3. The van der Waals surface area contributed by atoms with E-state index in [1.165, 1.54) is 6.07 Å². The standard InChI is InChI=1S/C20H24N2O5S/c1-3-13-27-18-9-7-15(8-10-18)19(23)11-12-20(24)21-16-5-4-6-17(14-16)22-28(2,25)26/h4-10,14,22H,3,11-13H2,1-2H3,(H,21,24). The molecule has 0 saturated heterocycles. The van der Waals surface area contributed by atoms with Crippen molar-refractivity contribution in [3.63, 3.8) is 0 Å². The Bertz CT molecular complexity index is 924. The van der Waals surface area contributed by atoms with Crippen molar-refractivity contribution in [1.29, 1.82) is 0 Å². The summed E-state index contributed by atoms with van der Waals surface area (Å²) in [7, 11) is -3.40. The Morgan fingerprint density at radius 3 is 2.32 bits per heavy atom. The Labute approximate surface area is 165 Å². The van der Waals surface area contributed by atoms with Gasteiger partial charge in [0.05, 0.1) is 18.6 Å². The van der Waals surface area contributed by atoms with Gasteiger partial charge in [0.1, 0.15) is 5.75 Å². The first kappa shape index (κ1) is 21.4. The summed E-state index contributed by atoms with van der Waals surface area (Å²) in [5, 5.41) is 2.66. The number of anilines is 2. The molecule has 28 heavy (non-hydrogen) atoms. The highest BCUT2D eigenvalue weighted by Crippen LogP contribution is 2.17. The van der Waals surface area contributed by atoms with Gasteiger partial charge in [0, 0.05) is 24.1 Å². The van der Waals surface area contributed by atoms with Crippen molar-refractivity contribution in [2.45, 2.75) is 26.2 Å². The fraction of sp³-hybridized carbons (Fsp3) is 0.300. The molecule has 0 aromatic heterocycles. The molecular formula is C20H24N2O5S. The molecule has 0 bridgehead atoms. The maximum Gasteiger partial charge on any atom is 0.229 e. The molecule has 0 aliphatic carbocycles. The van der Waals surface area contributed by atoms with Gasteiger partial charge in [-0.25, -0.2) is 8.42 Å². The van der Waals surface area contributed by atoms with Gasteiger partial charge in [-0.15, -0.1) is 0 Å². The Kier molecular flexibility index (Phi) is 7.57. The molecule has 0 unspecified atom stereocenters. The lowest BCUT2D eigenvalue weighted by atomic mass is 10.1. The highest BCUT2D eigenvalue weighted by Gasteiger charge is 2.11. The number of sulfonamides is 1. The molecule has 0 aliphatic rings. The average molecular weight is 404 g/mol. The largest absolute Gasteiger partial charge is 0.494 e. The molecule has 0 fully saturated rings. The van der Waals surface area contributed by atoms with Gasteiger partial charge in [-0.2, -0.15) is 0 Å². The molecule has 0 aliphatic heterocycles. The number of ketones is 1. The number of hydrogen-bond donors (Lipinski definition) is 2. The third-order valence-corrected chi connectivity index (χ3v) is 4.28. The van der Waals surface area contributed by atoms with E-state index in [0.717, 1.165) is 12.7 Å². The predicted molar refractivity (Wildman–Crippen MR) is 109 cm³/mol. The zero-order chi connectivity index (χ0) is 20.6. The summed E-state index contributed by atoms with van der Waals surface area (Å²) in [6, 6.07) is 13.2. The zero-order valence-electron chi connectivity index (χ0n) is 15.9. The van der Waals surface area contributed by atoms with Gasteiger partial charge in [-0.3, -0.25) is 14.3 Å². The summed E-state index contributed by atoms with van der Waals surface area (Å²) in [5.74, 6) is 0.246. The second-order valence-electron chi connectivity index (χ2n) is 6.30. The molecule has 1 amide bonds. The van der Waals surface area contributed by atoms with Crippen molar-refractivity contribution >= 4 is 33.1 Å². The second-order valence-corrected chi connectivity index (χ2v) is 8.05. The van der Waals surface area contributed by atoms with Crippen LogP contribution in [0.4, 0.5) is 11.4 Å². The van der Waals surface area contributed by atoms with Crippen molar-refractivity contribution < 1.29 is 22.7 Å². The number of rotatable bonds is 10. The van der Waals surface area contributed by atoms with Gasteiger partial charge in [0.25, 0.3) is 0 Å². The van der Waals surface area contributed by atoms with Crippen molar-refractivity contribution in [2.75, 3.05) is 22.9 Å². The summed E-state index contributed by atoms with van der Waals surface area (Å²) in [6.07, 6.45) is 2.05. The highest BCUT2D eigenvalue weighted by molar-refractivity contribution is 7.92. The second kappa shape index (κ2) is 9.89. The molecule has 0 saturated carbocycles. The van der Waals surface area contributed by atoms with E-state index in [1.807, 2.05) is 6.92 Å². The molecule has 150 valence electrons. The number of nitrogens with one attached hydrogen (secondary N) is 2. The summed E-state index contributed by atoms with van der Waals surface area (Å²) in [6.45, 7) is 2.63.